The molecule has 7 nitrogen and oxygen atoms in total. The van der Waals surface area contributed by atoms with Crippen LogP contribution in [0.2, 0.25) is 0 Å². The molecule has 7 heteroatoms. The fourth-order valence-electron chi connectivity index (χ4n) is 8.50. The Morgan fingerprint density at radius 2 is 2.08 bits per heavy atom. The number of piperidine rings is 1. The Morgan fingerprint density at radius 3 is 2.92 bits per heavy atom. The van der Waals surface area contributed by atoms with Crippen molar-refractivity contribution in [3.8, 4) is 11.5 Å². The first kappa shape index (κ1) is 20.0. The average Bonchev–Trinajstić information content (AvgIpc) is 3.55. The highest BCUT2D eigenvalue weighted by Gasteiger charge is 2.73. The number of rotatable bonds is 2. The van der Waals surface area contributed by atoms with E-state index in [1.54, 1.807) is 11.0 Å². The van der Waals surface area contributed by atoms with Crippen molar-refractivity contribution < 1.29 is 19.7 Å². The first-order chi connectivity index (χ1) is 17.4. The normalized spacial score (nSPS) is 33.1. The second-order valence-corrected chi connectivity index (χ2v) is 11.8. The van der Waals surface area contributed by atoms with Gasteiger partial charge in [-0.1, -0.05) is 12.1 Å². The number of aromatic nitrogens is 1. The molecule has 1 saturated heterocycles. The van der Waals surface area contributed by atoms with Crippen molar-refractivity contribution in [2.45, 2.75) is 55.3 Å². The van der Waals surface area contributed by atoms with Crippen molar-refractivity contribution in [3.05, 3.63) is 58.3 Å². The Balaban J connectivity index is 1.36. The molecule has 6 aliphatic rings. The molecular weight excluding hydrogens is 454 g/mol. The number of pyridine rings is 1. The number of anilines is 1. The van der Waals surface area contributed by atoms with Gasteiger partial charge in [-0.25, -0.2) is 4.98 Å². The molecular formula is C29H27N3O4. The lowest BCUT2D eigenvalue weighted by Gasteiger charge is -2.63. The number of carbonyl (C=O) groups is 1. The van der Waals surface area contributed by atoms with Gasteiger partial charge in [-0.15, -0.1) is 0 Å². The fraction of sp³-hybridized carbons (Fsp3) is 0.448. The summed E-state index contributed by atoms with van der Waals surface area (Å²) in [7, 11) is 1.82. The molecule has 2 fully saturated rings. The zero-order valence-electron chi connectivity index (χ0n) is 20.1. The van der Waals surface area contributed by atoms with Crippen LogP contribution in [0.5, 0.6) is 11.5 Å². The van der Waals surface area contributed by atoms with E-state index >= 15 is 0 Å². The molecule has 182 valence electrons. The maximum Gasteiger partial charge on any atom is 0.258 e. The number of phenols is 1. The third-order valence-corrected chi connectivity index (χ3v) is 10.2. The van der Waals surface area contributed by atoms with Crippen LogP contribution < -0.4 is 9.64 Å². The van der Waals surface area contributed by atoms with E-state index in [1.165, 1.54) is 18.4 Å². The van der Waals surface area contributed by atoms with Crippen molar-refractivity contribution in [2.75, 3.05) is 25.0 Å². The van der Waals surface area contributed by atoms with Gasteiger partial charge >= 0.3 is 0 Å². The SMILES string of the molecule is CN1C(=O)c2cccc3nc4c(c1c23)C[C@@]1(O)[C@@H]2Cc3ccc(O)c5c3[C@@]1(CCN2CC1CC1)[C@H]4O5. The number of benzene rings is 2. The van der Waals surface area contributed by atoms with Crippen molar-refractivity contribution >= 4 is 22.5 Å². The highest BCUT2D eigenvalue weighted by molar-refractivity contribution is 6.25. The van der Waals surface area contributed by atoms with Crippen LogP contribution in [-0.4, -0.2) is 57.8 Å². The van der Waals surface area contributed by atoms with Gasteiger partial charge in [0.1, 0.15) is 0 Å². The van der Waals surface area contributed by atoms with Gasteiger partial charge in [0.25, 0.3) is 5.91 Å². The topological polar surface area (TPSA) is 86.1 Å². The monoisotopic (exact) mass is 481 g/mol. The highest BCUT2D eigenvalue weighted by Crippen LogP contribution is 2.69. The number of fused-ring (bicyclic) bond motifs is 3. The molecule has 2 N–H and O–H groups in total. The second kappa shape index (κ2) is 6.03. The van der Waals surface area contributed by atoms with E-state index in [0.29, 0.717) is 17.7 Å². The first-order valence-electron chi connectivity index (χ1n) is 13.1. The number of phenolic OH excluding ortho intramolecular Hbond substituents is 1. The lowest BCUT2D eigenvalue weighted by Crippen LogP contribution is -2.74. The van der Waals surface area contributed by atoms with Crippen LogP contribution in [0.25, 0.3) is 10.9 Å². The predicted molar refractivity (Wildman–Crippen MR) is 133 cm³/mol. The molecule has 1 spiro atoms. The summed E-state index contributed by atoms with van der Waals surface area (Å²) in [6.45, 7) is 1.92. The van der Waals surface area contributed by atoms with E-state index < -0.39 is 17.1 Å². The largest absolute Gasteiger partial charge is 0.504 e. The standard InChI is InChI=1S/C29H27N3O4/c1-31-24-17-12-29(35)20-11-15-7-8-19(33)25-22(15)28(29,9-10-32(20)13-14-5-6-14)26(36-25)23(17)30-18-4-2-3-16(21(18)24)27(31)34/h2-4,7-8,14,20,26,33,35H,5-6,9-13H2,1H3/t20-,26-,28-,29+/m0/s1. The molecule has 3 aliphatic heterocycles. The molecule has 3 aromatic rings. The Hall–Kier alpha value is -3.16. The molecule has 4 heterocycles. The highest BCUT2D eigenvalue weighted by atomic mass is 16.5. The number of aliphatic hydroxyl groups is 1. The number of amides is 1. The van der Waals surface area contributed by atoms with Crippen molar-refractivity contribution in [1.82, 2.24) is 9.88 Å². The first-order valence-corrected chi connectivity index (χ1v) is 13.1. The molecule has 4 atom stereocenters. The Bertz CT molecular complexity index is 1560. The summed E-state index contributed by atoms with van der Waals surface area (Å²) in [6.07, 6.45) is 3.94. The van der Waals surface area contributed by atoms with Crippen LogP contribution in [-0.2, 0) is 18.3 Å². The number of carbonyl (C=O) groups excluding carboxylic acids is 1. The molecule has 3 aliphatic carbocycles. The molecule has 0 radical (unpaired) electrons. The lowest BCUT2D eigenvalue weighted by atomic mass is 9.48. The van der Waals surface area contributed by atoms with Gasteiger partial charge in [-0.2, -0.15) is 0 Å². The Kier molecular flexibility index (Phi) is 3.35. The Labute approximate surface area is 208 Å². The zero-order valence-corrected chi connectivity index (χ0v) is 20.1. The molecule has 36 heavy (non-hydrogen) atoms. The van der Waals surface area contributed by atoms with Crippen LogP contribution in [0.1, 0.15) is 58.1 Å². The van der Waals surface area contributed by atoms with E-state index in [1.807, 2.05) is 31.3 Å². The maximum absolute atomic E-state index is 13.2. The second-order valence-electron chi connectivity index (χ2n) is 11.8. The minimum Gasteiger partial charge on any atom is -0.504 e. The molecule has 1 saturated carbocycles. The van der Waals surface area contributed by atoms with Crippen LogP contribution >= 0.6 is 0 Å². The summed E-state index contributed by atoms with van der Waals surface area (Å²) >= 11 is 0. The molecule has 9 rings (SSSR count). The number of likely N-dealkylation sites (tertiary alicyclic amines) is 1. The fourth-order valence-corrected chi connectivity index (χ4v) is 8.50. The van der Waals surface area contributed by atoms with Crippen LogP contribution in [0, 0.1) is 5.92 Å². The van der Waals surface area contributed by atoms with E-state index in [2.05, 4.69) is 4.90 Å². The van der Waals surface area contributed by atoms with Gasteiger partial charge in [0.15, 0.2) is 17.6 Å². The van der Waals surface area contributed by atoms with Gasteiger partial charge in [0.05, 0.1) is 33.5 Å². The Morgan fingerprint density at radius 1 is 1.22 bits per heavy atom. The van der Waals surface area contributed by atoms with Crippen molar-refractivity contribution in [2.24, 2.45) is 5.92 Å². The summed E-state index contributed by atoms with van der Waals surface area (Å²) in [5.74, 6) is 1.32. The molecule has 2 bridgehead atoms. The van der Waals surface area contributed by atoms with Crippen LogP contribution in [0.3, 0.4) is 0 Å². The van der Waals surface area contributed by atoms with E-state index in [4.69, 9.17) is 9.72 Å². The minimum absolute atomic E-state index is 0.0344. The van der Waals surface area contributed by atoms with Crippen molar-refractivity contribution in [1.29, 1.82) is 0 Å². The third kappa shape index (κ3) is 2.01. The zero-order chi connectivity index (χ0) is 24.1. The van der Waals surface area contributed by atoms with Gasteiger partial charge in [-0.05, 0) is 61.9 Å². The van der Waals surface area contributed by atoms with Crippen molar-refractivity contribution in [3.63, 3.8) is 0 Å². The summed E-state index contributed by atoms with van der Waals surface area (Å²) in [6, 6.07) is 9.42. The average molecular weight is 482 g/mol. The number of nitrogens with zero attached hydrogens (tertiary/aromatic N) is 3. The molecule has 1 amide bonds. The van der Waals surface area contributed by atoms with E-state index in [9.17, 15) is 15.0 Å². The lowest BCUT2D eigenvalue weighted by molar-refractivity contribution is -0.173. The smallest absolute Gasteiger partial charge is 0.258 e. The number of ether oxygens (including phenoxy) is 1. The van der Waals surface area contributed by atoms with E-state index in [0.717, 1.165) is 65.3 Å². The van der Waals surface area contributed by atoms with Gasteiger partial charge < -0.3 is 19.8 Å². The number of hydrogen-bond acceptors (Lipinski definition) is 6. The summed E-state index contributed by atoms with van der Waals surface area (Å²) in [4.78, 5) is 22.6. The van der Waals surface area contributed by atoms with Crippen LogP contribution in [0.4, 0.5) is 5.69 Å². The summed E-state index contributed by atoms with van der Waals surface area (Å²) in [5.41, 5.74) is 4.43. The quantitative estimate of drug-likeness (QED) is 0.585. The molecule has 2 aromatic carbocycles. The molecule has 0 unspecified atom stereocenters. The summed E-state index contributed by atoms with van der Waals surface area (Å²) < 4.78 is 6.66. The summed E-state index contributed by atoms with van der Waals surface area (Å²) in [5, 5.41) is 24.7. The van der Waals surface area contributed by atoms with Gasteiger partial charge in [0.2, 0.25) is 0 Å². The van der Waals surface area contributed by atoms with Gasteiger partial charge in [-0.3, -0.25) is 9.69 Å². The minimum atomic E-state index is -1.09. The predicted octanol–water partition coefficient (Wildman–Crippen LogP) is 3.23. The maximum atomic E-state index is 13.2. The number of hydrogen-bond donors (Lipinski definition) is 2. The van der Waals surface area contributed by atoms with Crippen LogP contribution in [0.15, 0.2) is 30.3 Å². The third-order valence-electron chi connectivity index (χ3n) is 10.2. The molecule has 1 aromatic heterocycles. The van der Waals surface area contributed by atoms with Gasteiger partial charge in [0, 0.05) is 42.6 Å². The van der Waals surface area contributed by atoms with E-state index in [-0.39, 0.29) is 17.7 Å². The number of aromatic hydroxyl groups is 1.